The Balaban J connectivity index is 1.95. The number of rotatable bonds is 6. The van der Waals surface area contributed by atoms with E-state index >= 15 is 0 Å². The van der Waals surface area contributed by atoms with Crippen molar-refractivity contribution in [1.29, 1.82) is 0 Å². The van der Waals surface area contributed by atoms with E-state index in [1.54, 1.807) is 6.07 Å². The topological polar surface area (TPSA) is 15.3 Å². The first-order valence-electron chi connectivity index (χ1n) is 6.84. The summed E-state index contributed by atoms with van der Waals surface area (Å²) >= 11 is 0. The Hall–Kier alpha value is -1.71. The Bertz CT molecular complexity index is 526. The van der Waals surface area contributed by atoms with Crippen LogP contribution < -0.4 is 5.32 Å². The maximum Gasteiger partial charge on any atom is 0.127 e. The fourth-order valence-electron chi connectivity index (χ4n) is 2.26. The second kappa shape index (κ2) is 7.17. The minimum absolute atomic E-state index is 0.152. The Morgan fingerprint density at radius 2 is 1.65 bits per heavy atom. The minimum atomic E-state index is -0.152. The van der Waals surface area contributed by atoms with Crippen LogP contribution in [0.25, 0.3) is 0 Å². The molecule has 0 saturated carbocycles. The highest BCUT2D eigenvalue weighted by molar-refractivity contribution is 5.20. The molecular weight excluding hydrogens is 251 g/mol. The summed E-state index contributed by atoms with van der Waals surface area (Å²) in [5.41, 5.74) is 1.97. The molecule has 0 aliphatic heterocycles. The fraction of sp³-hybridized carbons (Fsp3) is 0.294. The van der Waals surface area contributed by atoms with E-state index < -0.39 is 0 Å². The average Bonchev–Trinajstić information content (AvgIpc) is 2.46. The lowest BCUT2D eigenvalue weighted by Gasteiger charge is -2.25. The zero-order valence-electron chi connectivity index (χ0n) is 12.0. The van der Waals surface area contributed by atoms with Gasteiger partial charge in [-0.3, -0.25) is 0 Å². The summed E-state index contributed by atoms with van der Waals surface area (Å²) < 4.78 is 13.5. The molecule has 2 aromatic rings. The molecule has 0 amide bonds. The van der Waals surface area contributed by atoms with Crippen molar-refractivity contribution in [2.24, 2.45) is 0 Å². The zero-order valence-corrected chi connectivity index (χ0v) is 12.0. The molecule has 0 aromatic heterocycles. The SMILES string of the molecule is CN(C)C(CNCc1ccccc1F)c1ccccc1. The van der Waals surface area contributed by atoms with Gasteiger partial charge in [0.05, 0.1) is 0 Å². The molecule has 0 bridgehead atoms. The van der Waals surface area contributed by atoms with Crippen molar-refractivity contribution in [1.82, 2.24) is 10.2 Å². The number of hydrogen-bond acceptors (Lipinski definition) is 2. The maximum atomic E-state index is 13.5. The highest BCUT2D eigenvalue weighted by Gasteiger charge is 2.13. The lowest BCUT2D eigenvalue weighted by atomic mass is 10.1. The number of halogens is 1. The number of likely N-dealkylation sites (N-methyl/N-ethyl adjacent to an activating group) is 1. The van der Waals surface area contributed by atoms with Crippen molar-refractivity contribution in [2.75, 3.05) is 20.6 Å². The third kappa shape index (κ3) is 3.89. The Morgan fingerprint density at radius 1 is 1.00 bits per heavy atom. The predicted octanol–water partition coefficient (Wildman–Crippen LogP) is 3.22. The van der Waals surface area contributed by atoms with Gasteiger partial charge in [-0.25, -0.2) is 4.39 Å². The molecule has 0 spiro atoms. The first-order valence-corrected chi connectivity index (χ1v) is 6.84. The highest BCUT2D eigenvalue weighted by Crippen LogP contribution is 2.17. The number of benzene rings is 2. The summed E-state index contributed by atoms with van der Waals surface area (Å²) in [7, 11) is 4.12. The standard InChI is InChI=1S/C17H21FN2/c1-20(2)17(14-8-4-3-5-9-14)13-19-12-15-10-6-7-11-16(15)18/h3-11,17,19H,12-13H2,1-2H3. The van der Waals surface area contributed by atoms with Gasteiger partial charge in [-0.1, -0.05) is 48.5 Å². The lowest BCUT2D eigenvalue weighted by Crippen LogP contribution is -2.31. The molecule has 0 fully saturated rings. The van der Waals surface area contributed by atoms with Crippen molar-refractivity contribution >= 4 is 0 Å². The van der Waals surface area contributed by atoms with Gasteiger partial charge >= 0.3 is 0 Å². The van der Waals surface area contributed by atoms with Crippen LogP contribution in [0.2, 0.25) is 0 Å². The molecule has 1 unspecified atom stereocenters. The summed E-state index contributed by atoms with van der Waals surface area (Å²) in [5, 5.41) is 3.34. The van der Waals surface area contributed by atoms with E-state index in [1.165, 1.54) is 11.6 Å². The van der Waals surface area contributed by atoms with Crippen molar-refractivity contribution in [3.05, 3.63) is 71.5 Å². The van der Waals surface area contributed by atoms with Crippen LogP contribution in [-0.2, 0) is 6.54 Å². The van der Waals surface area contributed by atoms with E-state index in [1.807, 2.05) is 30.3 Å². The van der Waals surface area contributed by atoms with Crippen LogP contribution >= 0.6 is 0 Å². The normalized spacial score (nSPS) is 12.6. The van der Waals surface area contributed by atoms with Crippen LogP contribution in [0.5, 0.6) is 0 Å². The van der Waals surface area contributed by atoms with E-state index in [0.717, 1.165) is 6.54 Å². The van der Waals surface area contributed by atoms with Gasteiger partial charge in [0.1, 0.15) is 5.82 Å². The van der Waals surface area contributed by atoms with E-state index in [9.17, 15) is 4.39 Å². The summed E-state index contributed by atoms with van der Waals surface area (Å²) in [6, 6.07) is 17.5. The Morgan fingerprint density at radius 3 is 2.30 bits per heavy atom. The third-order valence-electron chi connectivity index (χ3n) is 3.42. The molecule has 0 aliphatic carbocycles. The van der Waals surface area contributed by atoms with Gasteiger partial charge in [0.2, 0.25) is 0 Å². The largest absolute Gasteiger partial charge is 0.311 e. The maximum absolute atomic E-state index is 13.5. The highest BCUT2D eigenvalue weighted by atomic mass is 19.1. The molecule has 2 rings (SSSR count). The number of nitrogens with one attached hydrogen (secondary N) is 1. The quantitative estimate of drug-likeness (QED) is 0.868. The molecule has 20 heavy (non-hydrogen) atoms. The first-order chi connectivity index (χ1) is 9.68. The van der Waals surface area contributed by atoms with Crippen LogP contribution in [0.3, 0.4) is 0 Å². The Kier molecular flexibility index (Phi) is 5.27. The van der Waals surface area contributed by atoms with E-state index in [2.05, 4.69) is 36.4 Å². The van der Waals surface area contributed by atoms with E-state index in [0.29, 0.717) is 12.1 Å². The van der Waals surface area contributed by atoms with Gasteiger partial charge in [-0.05, 0) is 25.7 Å². The molecule has 1 N–H and O–H groups in total. The van der Waals surface area contributed by atoms with Gasteiger partial charge in [-0.15, -0.1) is 0 Å². The van der Waals surface area contributed by atoms with Crippen LogP contribution in [-0.4, -0.2) is 25.5 Å². The third-order valence-corrected chi connectivity index (χ3v) is 3.42. The Labute approximate surface area is 120 Å². The van der Waals surface area contributed by atoms with Crippen molar-refractivity contribution < 1.29 is 4.39 Å². The smallest absolute Gasteiger partial charge is 0.127 e. The molecule has 0 aliphatic rings. The molecule has 2 nitrogen and oxygen atoms in total. The monoisotopic (exact) mass is 272 g/mol. The van der Waals surface area contributed by atoms with Crippen LogP contribution in [0, 0.1) is 5.82 Å². The molecule has 106 valence electrons. The van der Waals surface area contributed by atoms with Crippen molar-refractivity contribution in [3.8, 4) is 0 Å². The van der Waals surface area contributed by atoms with E-state index in [-0.39, 0.29) is 11.9 Å². The van der Waals surface area contributed by atoms with Crippen LogP contribution in [0.15, 0.2) is 54.6 Å². The van der Waals surface area contributed by atoms with Gasteiger partial charge < -0.3 is 10.2 Å². The molecule has 0 saturated heterocycles. The van der Waals surface area contributed by atoms with Gasteiger partial charge in [-0.2, -0.15) is 0 Å². The van der Waals surface area contributed by atoms with Crippen LogP contribution in [0.1, 0.15) is 17.2 Å². The minimum Gasteiger partial charge on any atom is -0.311 e. The predicted molar refractivity (Wildman–Crippen MR) is 81.0 cm³/mol. The average molecular weight is 272 g/mol. The summed E-state index contributed by atoms with van der Waals surface area (Å²) in [4.78, 5) is 2.17. The molecule has 0 radical (unpaired) electrons. The molecule has 1 atom stereocenters. The van der Waals surface area contributed by atoms with Gasteiger partial charge in [0.25, 0.3) is 0 Å². The fourth-order valence-corrected chi connectivity index (χ4v) is 2.26. The molecule has 0 heterocycles. The zero-order chi connectivity index (χ0) is 14.4. The van der Waals surface area contributed by atoms with Crippen LogP contribution in [0.4, 0.5) is 4.39 Å². The summed E-state index contributed by atoms with van der Waals surface area (Å²) in [5.74, 6) is -0.152. The van der Waals surface area contributed by atoms with Gasteiger partial charge in [0, 0.05) is 24.7 Å². The molecule has 2 aromatic carbocycles. The number of nitrogens with zero attached hydrogens (tertiary/aromatic N) is 1. The lowest BCUT2D eigenvalue weighted by molar-refractivity contribution is 0.288. The van der Waals surface area contributed by atoms with Crippen molar-refractivity contribution in [2.45, 2.75) is 12.6 Å². The molecular formula is C17H21FN2. The second-order valence-corrected chi connectivity index (χ2v) is 5.11. The van der Waals surface area contributed by atoms with Crippen molar-refractivity contribution in [3.63, 3.8) is 0 Å². The van der Waals surface area contributed by atoms with Gasteiger partial charge in [0.15, 0.2) is 0 Å². The first kappa shape index (κ1) is 14.7. The summed E-state index contributed by atoms with van der Waals surface area (Å²) in [6.45, 7) is 1.33. The number of hydrogen-bond donors (Lipinski definition) is 1. The second-order valence-electron chi connectivity index (χ2n) is 5.11. The molecule has 3 heteroatoms. The summed E-state index contributed by atoms with van der Waals surface area (Å²) in [6.07, 6.45) is 0. The van der Waals surface area contributed by atoms with E-state index in [4.69, 9.17) is 0 Å².